The van der Waals surface area contributed by atoms with Crippen molar-refractivity contribution in [2.45, 2.75) is 13.3 Å². The first-order valence-electron chi connectivity index (χ1n) is 6.42. The number of hydrogen-bond acceptors (Lipinski definition) is 1. The molecule has 1 nitrogen and oxygen atoms in total. The second-order valence-electron chi connectivity index (χ2n) is 4.55. The zero-order valence-electron chi connectivity index (χ0n) is 10.7. The van der Waals surface area contributed by atoms with E-state index in [9.17, 15) is 0 Å². The molecule has 0 unspecified atom stereocenters. The van der Waals surface area contributed by atoms with E-state index < -0.39 is 0 Å². The molecule has 0 spiro atoms. The van der Waals surface area contributed by atoms with Crippen LogP contribution in [-0.4, -0.2) is 4.98 Å². The summed E-state index contributed by atoms with van der Waals surface area (Å²) in [5, 5.41) is 1.94. The van der Waals surface area contributed by atoms with E-state index in [0.29, 0.717) is 0 Å². The number of aryl methyl sites for hydroxylation is 1. The predicted molar refractivity (Wildman–Crippen MR) is 81.6 cm³/mol. The standard InChI is InChI=1S/C17H14ClN/c1-2-12-11-14-5-3-4-6-16(14)19-17(12)13-7-9-15(18)10-8-13/h3-11H,2H2,1H3. The van der Waals surface area contributed by atoms with Crippen molar-refractivity contribution in [2.24, 2.45) is 0 Å². The fourth-order valence-corrected chi connectivity index (χ4v) is 2.41. The normalized spacial score (nSPS) is 10.8. The first-order valence-corrected chi connectivity index (χ1v) is 6.80. The molecule has 0 saturated carbocycles. The number of halogens is 1. The molecule has 0 saturated heterocycles. The molecule has 2 heteroatoms. The number of pyridine rings is 1. The number of nitrogens with zero attached hydrogens (tertiary/aromatic N) is 1. The highest BCUT2D eigenvalue weighted by Crippen LogP contribution is 2.27. The van der Waals surface area contributed by atoms with Crippen molar-refractivity contribution < 1.29 is 0 Å². The van der Waals surface area contributed by atoms with Gasteiger partial charge in [0.15, 0.2) is 0 Å². The minimum absolute atomic E-state index is 0.752. The molecule has 2 aromatic carbocycles. The van der Waals surface area contributed by atoms with E-state index in [4.69, 9.17) is 16.6 Å². The van der Waals surface area contributed by atoms with Crippen LogP contribution in [0.15, 0.2) is 54.6 Å². The summed E-state index contributed by atoms with van der Waals surface area (Å²) in [4.78, 5) is 4.80. The minimum Gasteiger partial charge on any atom is -0.248 e. The molecule has 1 heterocycles. The Morgan fingerprint density at radius 3 is 2.47 bits per heavy atom. The van der Waals surface area contributed by atoms with Crippen molar-refractivity contribution >= 4 is 22.5 Å². The van der Waals surface area contributed by atoms with Crippen molar-refractivity contribution in [3.05, 3.63) is 65.2 Å². The zero-order valence-corrected chi connectivity index (χ0v) is 11.5. The lowest BCUT2D eigenvalue weighted by Gasteiger charge is -2.09. The van der Waals surface area contributed by atoms with E-state index in [1.165, 1.54) is 10.9 Å². The van der Waals surface area contributed by atoms with Gasteiger partial charge < -0.3 is 0 Å². The molecular formula is C17H14ClN. The van der Waals surface area contributed by atoms with Gasteiger partial charge in [-0.1, -0.05) is 48.9 Å². The third kappa shape index (κ3) is 2.34. The third-order valence-corrected chi connectivity index (χ3v) is 3.55. The molecule has 94 valence electrons. The molecular weight excluding hydrogens is 254 g/mol. The molecule has 0 radical (unpaired) electrons. The van der Waals surface area contributed by atoms with Gasteiger partial charge in [-0.2, -0.15) is 0 Å². The van der Waals surface area contributed by atoms with Gasteiger partial charge in [0.05, 0.1) is 11.2 Å². The Bertz CT molecular complexity index is 717. The first kappa shape index (κ1) is 12.2. The highest BCUT2D eigenvalue weighted by Gasteiger charge is 2.07. The van der Waals surface area contributed by atoms with Gasteiger partial charge in [0.2, 0.25) is 0 Å². The molecule has 19 heavy (non-hydrogen) atoms. The SMILES string of the molecule is CCc1cc2ccccc2nc1-c1ccc(Cl)cc1. The van der Waals surface area contributed by atoms with Gasteiger partial charge >= 0.3 is 0 Å². The van der Waals surface area contributed by atoms with Crippen molar-refractivity contribution in [2.75, 3.05) is 0 Å². The maximum absolute atomic E-state index is 5.95. The first-order chi connectivity index (χ1) is 9.28. The summed E-state index contributed by atoms with van der Waals surface area (Å²) >= 11 is 5.95. The van der Waals surface area contributed by atoms with Gasteiger partial charge in [0, 0.05) is 16.0 Å². The van der Waals surface area contributed by atoms with Crippen LogP contribution in [-0.2, 0) is 6.42 Å². The smallest absolute Gasteiger partial charge is 0.0741 e. The number of benzene rings is 2. The fourth-order valence-electron chi connectivity index (χ4n) is 2.29. The van der Waals surface area contributed by atoms with Gasteiger partial charge in [-0.3, -0.25) is 0 Å². The zero-order chi connectivity index (χ0) is 13.2. The number of fused-ring (bicyclic) bond motifs is 1. The maximum Gasteiger partial charge on any atom is 0.0741 e. The second-order valence-corrected chi connectivity index (χ2v) is 4.99. The quantitative estimate of drug-likeness (QED) is 0.628. The van der Waals surface area contributed by atoms with Crippen LogP contribution in [0.25, 0.3) is 22.2 Å². The average Bonchev–Trinajstić information content (AvgIpc) is 2.46. The monoisotopic (exact) mass is 267 g/mol. The molecule has 0 amide bonds. The van der Waals surface area contributed by atoms with E-state index in [1.54, 1.807) is 0 Å². The molecule has 0 fully saturated rings. The van der Waals surface area contributed by atoms with Gasteiger partial charge in [0.25, 0.3) is 0 Å². The molecule has 0 aliphatic carbocycles. The molecule has 0 N–H and O–H groups in total. The second kappa shape index (κ2) is 5.02. The molecule has 3 rings (SSSR count). The van der Waals surface area contributed by atoms with Crippen molar-refractivity contribution in [3.8, 4) is 11.3 Å². The van der Waals surface area contributed by atoms with Gasteiger partial charge in [0.1, 0.15) is 0 Å². The highest BCUT2D eigenvalue weighted by atomic mass is 35.5. The van der Waals surface area contributed by atoms with Crippen LogP contribution < -0.4 is 0 Å². The van der Waals surface area contributed by atoms with Crippen LogP contribution in [0.4, 0.5) is 0 Å². The lowest BCUT2D eigenvalue weighted by Crippen LogP contribution is -1.93. The van der Waals surface area contributed by atoms with Crippen LogP contribution >= 0.6 is 11.6 Å². The Labute approximate surface area is 117 Å². The van der Waals surface area contributed by atoms with E-state index in [0.717, 1.165) is 28.2 Å². The molecule has 0 bridgehead atoms. The maximum atomic E-state index is 5.95. The Kier molecular flexibility index (Phi) is 3.22. The number of aromatic nitrogens is 1. The Morgan fingerprint density at radius 1 is 1.00 bits per heavy atom. The van der Waals surface area contributed by atoms with Gasteiger partial charge in [-0.05, 0) is 36.2 Å². The Morgan fingerprint density at radius 2 is 1.74 bits per heavy atom. The molecule has 3 aromatic rings. The Balaban J connectivity index is 2.23. The summed E-state index contributed by atoms with van der Waals surface area (Å²) in [6, 6.07) is 18.3. The van der Waals surface area contributed by atoms with Crippen LogP contribution in [0.3, 0.4) is 0 Å². The van der Waals surface area contributed by atoms with Crippen molar-refractivity contribution in [1.29, 1.82) is 0 Å². The lowest BCUT2D eigenvalue weighted by molar-refractivity contribution is 1.12. The lowest BCUT2D eigenvalue weighted by atomic mass is 10.0. The number of rotatable bonds is 2. The average molecular weight is 268 g/mol. The summed E-state index contributed by atoms with van der Waals surface area (Å²) < 4.78 is 0. The fraction of sp³-hybridized carbons (Fsp3) is 0.118. The molecule has 1 aromatic heterocycles. The van der Waals surface area contributed by atoms with Crippen LogP contribution in [0.5, 0.6) is 0 Å². The number of hydrogen-bond donors (Lipinski definition) is 0. The van der Waals surface area contributed by atoms with E-state index in [1.807, 2.05) is 42.5 Å². The predicted octanol–water partition coefficient (Wildman–Crippen LogP) is 5.12. The summed E-state index contributed by atoms with van der Waals surface area (Å²) in [6.07, 6.45) is 0.968. The summed E-state index contributed by atoms with van der Waals surface area (Å²) in [5.74, 6) is 0. The van der Waals surface area contributed by atoms with Gasteiger partial charge in [-0.25, -0.2) is 4.98 Å². The summed E-state index contributed by atoms with van der Waals surface area (Å²) in [5.41, 5.74) is 4.47. The highest BCUT2D eigenvalue weighted by molar-refractivity contribution is 6.30. The van der Waals surface area contributed by atoms with E-state index in [2.05, 4.69) is 19.1 Å². The summed E-state index contributed by atoms with van der Waals surface area (Å²) in [7, 11) is 0. The van der Waals surface area contributed by atoms with Crippen LogP contribution in [0.2, 0.25) is 5.02 Å². The molecule has 0 aliphatic rings. The third-order valence-electron chi connectivity index (χ3n) is 3.30. The topological polar surface area (TPSA) is 12.9 Å². The van der Waals surface area contributed by atoms with E-state index in [-0.39, 0.29) is 0 Å². The van der Waals surface area contributed by atoms with E-state index >= 15 is 0 Å². The van der Waals surface area contributed by atoms with Crippen LogP contribution in [0, 0.1) is 0 Å². The van der Waals surface area contributed by atoms with Gasteiger partial charge in [-0.15, -0.1) is 0 Å². The number of para-hydroxylation sites is 1. The van der Waals surface area contributed by atoms with Crippen molar-refractivity contribution in [1.82, 2.24) is 4.98 Å². The molecule has 0 atom stereocenters. The Hall–Kier alpha value is -1.86. The molecule has 0 aliphatic heterocycles. The minimum atomic E-state index is 0.752. The van der Waals surface area contributed by atoms with Crippen LogP contribution in [0.1, 0.15) is 12.5 Å². The largest absolute Gasteiger partial charge is 0.248 e. The van der Waals surface area contributed by atoms with Crippen molar-refractivity contribution in [3.63, 3.8) is 0 Å². The summed E-state index contributed by atoms with van der Waals surface area (Å²) in [6.45, 7) is 2.16.